The van der Waals surface area contributed by atoms with Crippen molar-refractivity contribution < 1.29 is 26.4 Å². The number of rotatable bonds is 9. The maximum Gasteiger partial charge on any atom is 0.256 e. The molecule has 28 heavy (non-hydrogen) atoms. The molecule has 2 N–H and O–H groups in total. The molecular formula is C15H25ClN4O6S2. The molecule has 1 aromatic carbocycles. The van der Waals surface area contributed by atoms with E-state index in [0.29, 0.717) is 0 Å². The van der Waals surface area contributed by atoms with Crippen LogP contribution in [0.25, 0.3) is 0 Å². The van der Waals surface area contributed by atoms with Gasteiger partial charge < -0.3 is 10.1 Å². The number of methoxy groups -OCH3 is 1. The van der Waals surface area contributed by atoms with Crippen LogP contribution in [0.3, 0.4) is 0 Å². The lowest BCUT2D eigenvalue weighted by molar-refractivity contribution is 0.0897. The van der Waals surface area contributed by atoms with Crippen LogP contribution in [0.5, 0.6) is 5.75 Å². The zero-order chi connectivity index (χ0) is 21.9. The number of carbonyl (C=O) groups is 1. The number of sulfonamides is 2. The number of anilines is 1. The van der Waals surface area contributed by atoms with Crippen molar-refractivity contribution in [3.8, 4) is 5.75 Å². The van der Waals surface area contributed by atoms with Crippen LogP contribution >= 0.6 is 11.6 Å². The lowest BCUT2D eigenvalue weighted by atomic mass is 10.1. The number of amides is 1. The quantitative estimate of drug-likeness (QED) is 0.520. The highest BCUT2D eigenvalue weighted by Gasteiger charge is 2.26. The molecule has 0 aliphatic heterocycles. The summed E-state index contributed by atoms with van der Waals surface area (Å²) in [4.78, 5) is 14.3. The van der Waals surface area contributed by atoms with Crippen molar-refractivity contribution in [2.75, 3.05) is 45.1 Å². The number of hydrogen-bond acceptors (Lipinski definition) is 7. The molecule has 0 aliphatic carbocycles. The lowest BCUT2D eigenvalue weighted by Crippen LogP contribution is -2.42. The number of halogens is 1. The summed E-state index contributed by atoms with van der Waals surface area (Å²) in [5.41, 5.74) is -0.104. The normalized spacial score (nSPS) is 13.5. The van der Waals surface area contributed by atoms with Crippen LogP contribution in [0, 0.1) is 0 Å². The molecular weight excluding hydrogens is 432 g/mol. The van der Waals surface area contributed by atoms with Crippen molar-refractivity contribution in [1.82, 2.24) is 14.5 Å². The summed E-state index contributed by atoms with van der Waals surface area (Å²) < 4.78 is 56.3. The molecule has 0 aromatic heterocycles. The summed E-state index contributed by atoms with van der Waals surface area (Å²) in [6.07, 6.45) is -0.307. The molecule has 13 heteroatoms. The first-order valence-electron chi connectivity index (χ1n) is 7.95. The summed E-state index contributed by atoms with van der Waals surface area (Å²) in [7, 11) is -0.999. The average molecular weight is 457 g/mol. The van der Waals surface area contributed by atoms with Gasteiger partial charge in [-0.1, -0.05) is 11.6 Å². The highest BCUT2D eigenvalue weighted by molar-refractivity contribution is 8.07. The Balaban J connectivity index is 3.26. The van der Waals surface area contributed by atoms with E-state index in [4.69, 9.17) is 16.3 Å². The largest absolute Gasteiger partial charge is 0.496 e. The number of nitrogens with zero attached hydrogens (tertiary/aromatic N) is 2. The van der Waals surface area contributed by atoms with Crippen LogP contribution in [0.15, 0.2) is 12.1 Å². The van der Waals surface area contributed by atoms with Crippen LogP contribution in [0.4, 0.5) is 5.69 Å². The minimum absolute atomic E-state index is 0.0359. The second-order valence-corrected chi connectivity index (χ2v) is 11.1. The van der Waals surface area contributed by atoms with E-state index in [2.05, 4.69) is 10.0 Å². The smallest absolute Gasteiger partial charge is 0.256 e. The molecule has 0 fully saturated rings. The van der Waals surface area contributed by atoms with E-state index < -0.39 is 31.0 Å². The van der Waals surface area contributed by atoms with E-state index in [0.717, 1.165) is 4.31 Å². The summed E-state index contributed by atoms with van der Waals surface area (Å²) in [6, 6.07) is 2.47. The van der Waals surface area contributed by atoms with Gasteiger partial charge in [-0.25, -0.2) is 21.1 Å². The maximum absolute atomic E-state index is 12.5. The third-order valence-electron chi connectivity index (χ3n) is 3.77. The van der Waals surface area contributed by atoms with Gasteiger partial charge in [0, 0.05) is 20.2 Å². The predicted molar refractivity (Wildman–Crippen MR) is 109 cm³/mol. The molecule has 1 rings (SSSR count). The first-order valence-corrected chi connectivity index (χ1v) is 11.6. The molecule has 1 aromatic rings. The van der Waals surface area contributed by atoms with Gasteiger partial charge in [-0.15, -0.1) is 0 Å². The first kappa shape index (κ1) is 24.4. The van der Waals surface area contributed by atoms with Crippen LogP contribution < -0.4 is 14.8 Å². The van der Waals surface area contributed by atoms with Crippen LogP contribution in [-0.4, -0.2) is 78.5 Å². The lowest BCUT2D eigenvalue weighted by Gasteiger charge is -2.22. The number of carbonyl (C=O) groups excluding carboxylic acids is 1. The average Bonchev–Trinajstić information content (AvgIpc) is 2.54. The third-order valence-corrected chi connectivity index (χ3v) is 8.16. The summed E-state index contributed by atoms with van der Waals surface area (Å²) in [6.45, 7) is 1.76. The number of benzene rings is 1. The van der Waals surface area contributed by atoms with Crippen LogP contribution in [0.2, 0.25) is 5.02 Å². The Morgan fingerprint density at radius 3 is 2.21 bits per heavy atom. The van der Waals surface area contributed by atoms with Crippen molar-refractivity contribution in [2.45, 2.75) is 13.1 Å². The van der Waals surface area contributed by atoms with Crippen molar-refractivity contribution in [3.05, 3.63) is 22.7 Å². The van der Waals surface area contributed by atoms with Gasteiger partial charge in [0.25, 0.3) is 5.91 Å². The van der Waals surface area contributed by atoms with E-state index in [9.17, 15) is 21.6 Å². The van der Waals surface area contributed by atoms with Gasteiger partial charge in [0.05, 0.1) is 29.5 Å². The fourth-order valence-corrected chi connectivity index (χ4v) is 5.28. The van der Waals surface area contributed by atoms with Gasteiger partial charge >= 0.3 is 0 Å². The minimum atomic E-state index is -4.30. The van der Waals surface area contributed by atoms with Crippen molar-refractivity contribution in [2.24, 2.45) is 0 Å². The fraction of sp³-hybridized carbons (Fsp3) is 0.533. The zero-order valence-corrected chi connectivity index (χ0v) is 18.9. The molecule has 0 heterocycles. The Bertz CT molecular complexity index is 932. The molecule has 0 bridgehead atoms. The molecule has 0 spiro atoms. The number of nitrogens with one attached hydrogen (secondary N) is 2. The maximum atomic E-state index is 12.5. The zero-order valence-electron chi connectivity index (χ0n) is 16.5. The second-order valence-electron chi connectivity index (χ2n) is 6.37. The summed E-state index contributed by atoms with van der Waals surface area (Å²) in [5, 5.41) is 1.49. The minimum Gasteiger partial charge on any atom is -0.496 e. The van der Waals surface area contributed by atoms with Gasteiger partial charge in [0.2, 0.25) is 20.0 Å². The monoisotopic (exact) mass is 456 g/mol. The first-order chi connectivity index (χ1) is 12.7. The molecule has 1 amide bonds. The van der Waals surface area contributed by atoms with Crippen molar-refractivity contribution >= 4 is 43.2 Å². The van der Waals surface area contributed by atoms with Crippen molar-refractivity contribution in [3.63, 3.8) is 0 Å². The topological polar surface area (TPSA) is 125 Å². The highest BCUT2D eigenvalue weighted by Crippen LogP contribution is 2.32. The standard InChI is InChI=1S/C15H25ClN4O6S2/c1-10(19(2)3)17-15(21)11-7-13(12(16)8-14(11)26-6)18-27(22,23)9-28(24,25)20(4)5/h7-8,10,18H,9H2,1-6H3,(H,17,21). The highest BCUT2D eigenvalue weighted by atomic mass is 35.5. The third kappa shape index (κ3) is 6.48. The second kappa shape index (κ2) is 9.27. The summed E-state index contributed by atoms with van der Waals surface area (Å²) in [5.74, 6) is -0.381. The van der Waals surface area contributed by atoms with E-state index in [1.807, 2.05) is 0 Å². The Labute approximate surface area is 170 Å². The Kier molecular flexibility index (Phi) is 8.09. The van der Waals surface area contributed by atoms with Crippen molar-refractivity contribution in [1.29, 1.82) is 0 Å². The fourth-order valence-electron chi connectivity index (χ4n) is 1.87. The number of hydrogen-bond donors (Lipinski definition) is 2. The molecule has 10 nitrogen and oxygen atoms in total. The van der Waals surface area contributed by atoms with Gasteiger partial charge in [-0.05, 0) is 27.1 Å². The Morgan fingerprint density at radius 1 is 1.18 bits per heavy atom. The van der Waals surface area contributed by atoms with Gasteiger partial charge in [-0.2, -0.15) is 0 Å². The SMILES string of the molecule is COc1cc(Cl)c(NS(=O)(=O)CS(=O)(=O)N(C)C)cc1C(=O)NC(C)N(C)C. The molecule has 1 atom stereocenters. The molecule has 0 aliphatic rings. The number of ether oxygens (including phenoxy) is 1. The van der Waals surface area contributed by atoms with Gasteiger partial charge in [-0.3, -0.25) is 14.4 Å². The molecule has 0 saturated heterocycles. The van der Waals surface area contributed by atoms with E-state index in [1.165, 1.54) is 33.3 Å². The predicted octanol–water partition coefficient (Wildman–Crippen LogP) is 0.577. The Hall–Kier alpha value is -1.60. The summed E-state index contributed by atoms with van der Waals surface area (Å²) >= 11 is 6.07. The van der Waals surface area contributed by atoms with E-state index in [1.54, 1.807) is 25.9 Å². The van der Waals surface area contributed by atoms with Crippen LogP contribution in [-0.2, 0) is 20.0 Å². The van der Waals surface area contributed by atoms with E-state index >= 15 is 0 Å². The molecule has 160 valence electrons. The molecule has 1 unspecified atom stereocenters. The Morgan fingerprint density at radius 2 is 1.75 bits per heavy atom. The molecule has 0 saturated carbocycles. The van der Waals surface area contributed by atoms with Gasteiger partial charge in [0.1, 0.15) is 5.75 Å². The molecule has 0 radical (unpaired) electrons. The van der Waals surface area contributed by atoms with Gasteiger partial charge in [0.15, 0.2) is 5.08 Å². The van der Waals surface area contributed by atoms with Crippen LogP contribution in [0.1, 0.15) is 17.3 Å². The van der Waals surface area contributed by atoms with E-state index in [-0.39, 0.29) is 28.2 Å².